The van der Waals surface area contributed by atoms with Crippen LogP contribution < -0.4 is 0 Å². The molecule has 0 aromatic heterocycles. The topological polar surface area (TPSA) is 74.7 Å². The lowest BCUT2D eigenvalue weighted by molar-refractivity contribution is -0.135. The van der Waals surface area contributed by atoms with Crippen LogP contribution in [-0.4, -0.2) is 49.8 Å². The first-order valence-electron chi connectivity index (χ1n) is 8.50. The zero-order valence-electron chi connectivity index (χ0n) is 14.5. The van der Waals surface area contributed by atoms with Gasteiger partial charge in [0.05, 0.1) is 17.3 Å². The first-order valence-corrected chi connectivity index (χ1v) is 10.2. The summed E-state index contributed by atoms with van der Waals surface area (Å²) in [6.07, 6.45) is 2.56. The molecule has 24 heavy (non-hydrogen) atoms. The van der Waals surface area contributed by atoms with E-state index in [0.717, 1.165) is 24.8 Å². The van der Waals surface area contributed by atoms with Crippen LogP contribution in [0.5, 0.6) is 0 Å². The minimum absolute atomic E-state index is 0.0125. The van der Waals surface area contributed by atoms with Gasteiger partial charge >= 0.3 is 0 Å². The van der Waals surface area contributed by atoms with Gasteiger partial charge in [-0.3, -0.25) is 4.79 Å². The van der Waals surface area contributed by atoms with E-state index >= 15 is 0 Å². The fourth-order valence-corrected chi connectivity index (χ4v) is 4.42. The molecule has 1 aliphatic heterocycles. The predicted octanol–water partition coefficient (Wildman–Crippen LogP) is 2.17. The molecule has 0 bridgehead atoms. The smallest absolute Gasteiger partial charge is 0.223 e. The lowest BCUT2D eigenvalue weighted by Gasteiger charge is -2.41. The summed E-state index contributed by atoms with van der Waals surface area (Å²) in [6, 6.07) is 6.69. The van der Waals surface area contributed by atoms with Crippen molar-refractivity contribution in [1.82, 2.24) is 4.90 Å². The molecule has 1 saturated heterocycles. The van der Waals surface area contributed by atoms with Gasteiger partial charge < -0.3 is 10.0 Å². The Bertz CT molecular complexity index is 663. The zero-order valence-corrected chi connectivity index (χ0v) is 15.3. The number of benzene rings is 1. The van der Waals surface area contributed by atoms with E-state index < -0.39 is 9.84 Å². The van der Waals surface area contributed by atoms with Crippen molar-refractivity contribution in [2.75, 3.05) is 25.4 Å². The molecule has 5 nitrogen and oxygen atoms in total. The lowest BCUT2D eigenvalue weighted by Crippen LogP contribution is -2.47. The Balaban J connectivity index is 1.98. The Hall–Kier alpha value is -1.40. The molecule has 1 aromatic rings. The Morgan fingerprint density at radius 3 is 2.54 bits per heavy atom. The number of aliphatic hydroxyl groups excluding tert-OH is 1. The van der Waals surface area contributed by atoms with Gasteiger partial charge in [0.2, 0.25) is 5.91 Å². The van der Waals surface area contributed by atoms with Crippen molar-refractivity contribution in [3.63, 3.8) is 0 Å². The van der Waals surface area contributed by atoms with Gasteiger partial charge in [-0.05, 0) is 38.3 Å². The number of piperidine rings is 1. The summed E-state index contributed by atoms with van der Waals surface area (Å²) >= 11 is 0. The van der Waals surface area contributed by atoms with Crippen molar-refractivity contribution in [2.24, 2.45) is 5.41 Å². The number of sulfone groups is 1. The standard InChI is InChI=1S/C18H27NO4S/c1-3-18(14-20)10-4-11-19(13-18)17(21)9-12-24(22,23)16-7-5-15(2)6-8-16/h5-8,20H,3-4,9-14H2,1-2H3. The Kier molecular flexibility index (Phi) is 6.04. The molecular formula is C18H27NO4S. The van der Waals surface area contributed by atoms with Crippen LogP contribution in [0, 0.1) is 12.3 Å². The molecule has 1 aliphatic rings. The average molecular weight is 353 g/mol. The molecule has 1 heterocycles. The highest BCUT2D eigenvalue weighted by molar-refractivity contribution is 7.91. The maximum absolute atomic E-state index is 12.4. The van der Waals surface area contributed by atoms with Gasteiger partial charge in [-0.15, -0.1) is 0 Å². The van der Waals surface area contributed by atoms with E-state index in [1.165, 1.54) is 0 Å². The number of carbonyl (C=O) groups excluding carboxylic acids is 1. The van der Waals surface area contributed by atoms with Gasteiger partial charge in [0.1, 0.15) is 0 Å². The van der Waals surface area contributed by atoms with Gasteiger partial charge in [-0.1, -0.05) is 24.6 Å². The second kappa shape index (κ2) is 7.66. The lowest BCUT2D eigenvalue weighted by atomic mass is 9.78. The minimum Gasteiger partial charge on any atom is -0.396 e. The third kappa shape index (κ3) is 4.36. The van der Waals surface area contributed by atoms with Crippen LogP contribution in [0.2, 0.25) is 0 Å². The van der Waals surface area contributed by atoms with Crippen molar-refractivity contribution < 1.29 is 18.3 Å². The van der Waals surface area contributed by atoms with Crippen LogP contribution in [0.25, 0.3) is 0 Å². The summed E-state index contributed by atoms with van der Waals surface area (Å²) in [7, 11) is -3.45. The molecule has 0 aliphatic carbocycles. The maximum Gasteiger partial charge on any atom is 0.223 e. The SMILES string of the molecule is CCC1(CO)CCCN(C(=O)CCS(=O)(=O)c2ccc(C)cc2)C1. The number of rotatable bonds is 6. The molecule has 134 valence electrons. The van der Waals surface area contributed by atoms with Crippen molar-refractivity contribution in [2.45, 2.75) is 44.4 Å². The summed E-state index contributed by atoms with van der Waals surface area (Å²) in [4.78, 5) is 14.4. The normalized spacial score (nSPS) is 21.7. The van der Waals surface area contributed by atoms with Crippen molar-refractivity contribution in [3.05, 3.63) is 29.8 Å². The van der Waals surface area contributed by atoms with Gasteiger partial charge in [-0.2, -0.15) is 0 Å². The molecule has 1 aromatic carbocycles. The van der Waals surface area contributed by atoms with Crippen LogP contribution in [0.15, 0.2) is 29.2 Å². The van der Waals surface area contributed by atoms with Gasteiger partial charge in [0.25, 0.3) is 0 Å². The van der Waals surface area contributed by atoms with Crippen LogP contribution in [0.1, 0.15) is 38.2 Å². The molecule has 1 fully saturated rings. The van der Waals surface area contributed by atoms with Crippen LogP contribution >= 0.6 is 0 Å². The Labute approximate surface area is 144 Å². The van der Waals surface area contributed by atoms with Crippen LogP contribution in [0.3, 0.4) is 0 Å². The number of nitrogens with zero attached hydrogens (tertiary/aromatic N) is 1. The van der Waals surface area contributed by atoms with E-state index in [2.05, 4.69) is 0 Å². The van der Waals surface area contributed by atoms with E-state index in [9.17, 15) is 18.3 Å². The maximum atomic E-state index is 12.4. The summed E-state index contributed by atoms with van der Waals surface area (Å²) < 4.78 is 24.7. The molecule has 0 saturated carbocycles. The third-order valence-corrected chi connectivity index (χ3v) is 6.80. The minimum atomic E-state index is -3.45. The molecule has 0 radical (unpaired) electrons. The summed E-state index contributed by atoms with van der Waals surface area (Å²) in [5, 5.41) is 9.64. The molecule has 6 heteroatoms. The molecule has 1 amide bonds. The Morgan fingerprint density at radius 1 is 1.29 bits per heavy atom. The second-order valence-electron chi connectivity index (χ2n) is 6.81. The van der Waals surface area contributed by atoms with Crippen LogP contribution in [-0.2, 0) is 14.6 Å². The van der Waals surface area contributed by atoms with E-state index in [1.54, 1.807) is 29.2 Å². The van der Waals surface area contributed by atoms with E-state index in [1.807, 2.05) is 13.8 Å². The third-order valence-electron chi connectivity index (χ3n) is 5.06. The molecule has 1 atom stereocenters. The summed E-state index contributed by atoms with van der Waals surface area (Å²) in [5.74, 6) is -0.319. The van der Waals surface area contributed by atoms with Crippen molar-refractivity contribution >= 4 is 15.7 Å². The molecule has 0 spiro atoms. The number of aryl methyl sites for hydroxylation is 1. The van der Waals surface area contributed by atoms with E-state index in [-0.39, 0.29) is 35.0 Å². The second-order valence-corrected chi connectivity index (χ2v) is 8.92. The fraction of sp³-hybridized carbons (Fsp3) is 0.611. The highest BCUT2D eigenvalue weighted by atomic mass is 32.2. The monoisotopic (exact) mass is 353 g/mol. The molecule has 1 unspecified atom stereocenters. The average Bonchev–Trinajstić information content (AvgIpc) is 2.60. The molecule has 2 rings (SSSR count). The number of likely N-dealkylation sites (tertiary alicyclic amines) is 1. The van der Waals surface area contributed by atoms with Gasteiger partial charge in [0, 0.05) is 24.9 Å². The van der Waals surface area contributed by atoms with Gasteiger partial charge in [-0.25, -0.2) is 8.42 Å². The quantitative estimate of drug-likeness (QED) is 0.850. The predicted molar refractivity (Wildman–Crippen MR) is 93.5 cm³/mol. The van der Waals surface area contributed by atoms with E-state index in [0.29, 0.717) is 13.1 Å². The molecular weight excluding hydrogens is 326 g/mol. The molecule has 1 N–H and O–H groups in total. The summed E-state index contributed by atoms with van der Waals surface area (Å²) in [6.45, 7) is 5.15. The Morgan fingerprint density at radius 2 is 1.96 bits per heavy atom. The largest absolute Gasteiger partial charge is 0.396 e. The van der Waals surface area contributed by atoms with Gasteiger partial charge in [0.15, 0.2) is 9.84 Å². The highest BCUT2D eigenvalue weighted by Gasteiger charge is 2.35. The highest BCUT2D eigenvalue weighted by Crippen LogP contribution is 2.33. The van der Waals surface area contributed by atoms with Crippen molar-refractivity contribution in [1.29, 1.82) is 0 Å². The van der Waals surface area contributed by atoms with E-state index in [4.69, 9.17) is 0 Å². The first kappa shape index (κ1) is 18.9. The number of amides is 1. The number of carbonyl (C=O) groups is 1. The summed E-state index contributed by atoms with van der Waals surface area (Å²) in [5.41, 5.74) is 0.766. The number of hydrogen-bond acceptors (Lipinski definition) is 4. The van der Waals surface area contributed by atoms with Crippen molar-refractivity contribution in [3.8, 4) is 0 Å². The number of hydrogen-bond donors (Lipinski definition) is 1. The first-order chi connectivity index (χ1) is 11.3. The number of aliphatic hydroxyl groups is 1. The zero-order chi connectivity index (χ0) is 17.8. The fourth-order valence-electron chi connectivity index (χ4n) is 3.19. The van der Waals surface area contributed by atoms with Crippen LogP contribution in [0.4, 0.5) is 0 Å².